The van der Waals surface area contributed by atoms with Crippen molar-refractivity contribution in [2.24, 2.45) is 0 Å². The molecule has 11 aromatic rings. The number of fused-ring (bicyclic) bond motifs is 11. The highest BCUT2D eigenvalue weighted by molar-refractivity contribution is 6.20. The standard InChI is InChI=1S/C49H29N3/c1-2-11-33(12-3-1)51-45-23-19-32(29-42(45)39-21-18-30-10-4-5-13-34(30)49(39)51)31-20-24-46-41(28-31)36-15-8-9-17-43(36)52(46)44-25-22-37-35-14-6-7-16-38(35)48-47(37)40(44)26-27-50-48/h1-29H. The largest absolute Gasteiger partial charge is 0.309 e. The van der Waals surface area contributed by atoms with Gasteiger partial charge in [0.2, 0.25) is 0 Å². The molecule has 0 amide bonds. The molecule has 0 spiro atoms. The first-order valence-electron chi connectivity index (χ1n) is 17.9. The maximum atomic E-state index is 4.87. The van der Waals surface area contributed by atoms with E-state index in [1.54, 1.807) is 0 Å². The van der Waals surface area contributed by atoms with Crippen LogP contribution in [0.2, 0.25) is 0 Å². The molecule has 0 saturated heterocycles. The zero-order valence-electron chi connectivity index (χ0n) is 28.1. The monoisotopic (exact) mass is 659 g/mol. The highest BCUT2D eigenvalue weighted by atomic mass is 15.0. The molecule has 8 aromatic carbocycles. The topological polar surface area (TPSA) is 22.8 Å². The molecule has 0 atom stereocenters. The summed E-state index contributed by atoms with van der Waals surface area (Å²) in [6.45, 7) is 0. The second-order valence-corrected chi connectivity index (χ2v) is 13.9. The Hall–Kier alpha value is -6.97. The van der Waals surface area contributed by atoms with Gasteiger partial charge < -0.3 is 9.13 Å². The molecule has 0 unspecified atom stereocenters. The van der Waals surface area contributed by atoms with Crippen molar-refractivity contribution in [3.63, 3.8) is 0 Å². The molecule has 0 radical (unpaired) electrons. The van der Waals surface area contributed by atoms with E-state index in [-0.39, 0.29) is 0 Å². The minimum absolute atomic E-state index is 1.07. The van der Waals surface area contributed by atoms with Gasteiger partial charge in [0, 0.05) is 55.2 Å². The number of nitrogens with zero attached hydrogens (tertiary/aromatic N) is 3. The molecule has 3 nitrogen and oxygen atoms in total. The Morgan fingerprint density at radius 3 is 1.90 bits per heavy atom. The molecule has 240 valence electrons. The number of hydrogen-bond acceptors (Lipinski definition) is 1. The predicted octanol–water partition coefficient (Wildman–Crippen LogP) is 12.9. The van der Waals surface area contributed by atoms with Gasteiger partial charge in [-0.1, -0.05) is 115 Å². The minimum atomic E-state index is 1.07. The number of rotatable bonds is 3. The summed E-state index contributed by atoms with van der Waals surface area (Å²) in [6.07, 6.45) is 1.97. The second kappa shape index (κ2) is 10.3. The molecule has 0 fully saturated rings. The van der Waals surface area contributed by atoms with E-state index in [1.165, 1.54) is 104 Å². The summed E-state index contributed by atoms with van der Waals surface area (Å²) in [5.41, 5.74) is 14.4. The Balaban J connectivity index is 1.08. The van der Waals surface area contributed by atoms with Crippen LogP contribution in [0.3, 0.4) is 0 Å². The average Bonchev–Trinajstić information content (AvgIpc) is 3.85. The van der Waals surface area contributed by atoms with Gasteiger partial charge in [0.15, 0.2) is 0 Å². The summed E-state index contributed by atoms with van der Waals surface area (Å²) in [7, 11) is 0. The predicted molar refractivity (Wildman–Crippen MR) is 218 cm³/mol. The van der Waals surface area contributed by atoms with Gasteiger partial charge in [-0.15, -0.1) is 0 Å². The van der Waals surface area contributed by atoms with Crippen LogP contribution in [-0.4, -0.2) is 14.1 Å². The Labute approximate surface area is 299 Å². The van der Waals surface area contributed by atoms with Crippen LogP contribution >= 0.6 is 0 Å². The smallest absolute Gasteiger partial charge is 0.0793 e. The lowest BCUT2D eigenvalue weighted by Crippen LogP contribution is -1.96. The first-order valence-corrected chi connectivity index (χ1v) is 17.9. The van der Waals surface area contributed by atoms with Gasteiger partial charge in [0.25, 0.3) is 0 Å². The van der Waals surface area contributed by atoms with E-state index in [4.69, 9.17) is 4.98 Å². The molecule has 0 N–H and O–H groups in total. The SMILES string of the molecule is c1ccc(-n2c3ccc(-c4ccc5c(c4)c4ccccc4n5-c4ccc5c6c(nccc46)-c4ccccc4-5)cc3c3ccc4ccccc4c32)cc1. The van der Waals surface area contributed by atoms with Crippen molar-refractivity contribution in [3.8, 4) is 44.9 Å². The fourth-order valence-corrected chi connectivity index (χ4v) is 9.05. The maximum absolute atomic E-state index is 4.87. The summed E-state index contributed by atoms with van der Waals surface area (Å²) in [6, 6.07) is 62.2. The Kier molecular flexibility index (Phi) is 5.50. The van der Waals surface area contributed by atoms with Crippen molar-refractivity contribution in [3.05, 3.63) is 176 Å². The first kappa shape index (κ1) is 27.8. The van der Waals surface area contributed by atoms with Gasteiger partial charge in [0.1, 0.15) is 0 Å². The van der Waals surface area contributed by atoms with Crippen molar-refractivity contribution < 1.29 is 0 Å². The zero-order chi connectivity index (χ0) is 33.9. The third-order valence-electron chi connectivity index (χ3n) is 11.3. The summed E-state index contributed by atoms with van der Waals surface area (Å²) in [4.78, 5) is 4.87. The van der Waals surface area contributed by atoms with E-state index in [9.17, 15) is 0 Å². The summed E-state index contributed by atoms with van der Waals surface area (Å²) in [5.74, 6) is 0. The van der Waals surface area contributed by atoms with Gasteiger partial charge in [-0.2, -0.15) is 0 Å². The Morgan fingerprint density at radius 1 is 0.385 bits per heavy atom. The molecule has 0 bridgehead atoms. The van der Waals surface area contributed by atoms with E-state index in [0.29, 0.717) is 0 Å². The molecule has 1 aliphatic rings. The lowest BCUT2D eigenvalue weighted by Gasteiger charge is -2.13. The van der Waals surface area contributed by atoms with Crippen molar-refractivity contribution in [2.75, 3.05) is 0 Å². The normalized spacial score (nSPS) is 12.2. The number of hydrogen-bond donors (Lipinski definition) is 0. The summed E-state index contributed by atoms with van der Waals surface area (Å²) >= 11 is 0. The van der Waals surface area contributed by atoms with Gasteiger partial charge >= 0.3 is 0 Å². The van der Waals surface area contributed by atoms with E-state index in [1.807, 2.05) is 6.20 Å². The minimum Gasteiger partial charge on any atom is -0.309 e. The fourth-order valence-electron chi connectivity index (χ4n) is 9.05. The summed E-state index contributed by atoms with van der Waals surface area (Å²) < 4.78 is 4.88. The molecule has 3 aromatic heterocycles. The number of aromatic nitrogens is 3. The highest BCUT2D eigenvalue weighted by Crippen LogP contribution is 2.48. The van der Waals surface area contributed by atoms with E-state index in [0.717, 1.165) is 5.69 Å². The molecule has 52 heavy (non-hydrogen) atoms. The highest BCUT2D eigenvalue weighted by Gasteiger charge is 2.25. The van der Waals surface area contributed by atoms with Gasteiger partial charge in [0.05, 0.1) is 33.4 Å². The zero-order valence-corrected chi connectivity index (χ0v) is 28.1. The van der Waals surface area contributed by atoms with Crippen molar-refractivity contribution >= 4 is 65.2 Å². The van der Waals surface area contributed by atoms with E-state index >= 15 is 0 Å². The van der Waals surface area contributed by atoms with E-state index in [2.05, 4.69) is 179 Å². The first-order chi connectivity index (χ1) is 25.8. The Morgan fingerprint density at radius 2 is 1.06 bits per heavy atom. The fraction of sp³-hybridized carbons (Fsp3) is 0. The van der Waals surface area contributed by atoms with Crippen LogP contribution < -0.4 is 0 Å². The lowest BCUT2D eigenvalue weighted by atomic mass is 10.00. The van der Waals surface area contributed by atoms with Crippen molar-refractivity contribution in [1.29, 1.82) is 0 Å². The molecule has 0 aliphatic heterocycles. The van der Waals surface area contributed by atoms with E-state index < -0.39 is 0 Å². The van der Waals surface area contributed by atoms with Crippen LogP contribution in [0.5, 0.6) is 0 Å². The number of pyridine rings is 1. The summed E-state index contributed by atoms with van der Waals surface area (Å²) in [5, 5.41) is 9.98. The molecular formula is C49H29N3. The van der Waals surface area contributed by atoms with Gasteiger partial charge in [-0.05, 0) is 82.2 Å². The quantitative estimate of drug-likeness (QED) is 0.185. The van der Waals surface area contributed by atoms with Gasteiger partial charge in [-0.3, -0.25) is 4.98 Å². The van der Waals surface area contributed by atoms with Gasteiger partial charge in [-0.25, -0.2) is 0 Å². The second-order valence-electron chi connectivity index (χ2n) is 13.9. The Bertz CT molecular complexity index is 3260. The molecule has 12 rings (SSSR count). The van der Waals surface area contributed by atoms with Crippen LogP contribution in [0.1, 0.15) is 0 Å². The molecular weight excluding hydrogens is 631 g/mol. The van der Waals surface area contributed by atoms with Crippen LogP contribution in [0, 0.1) is 0 Å². The third kappa shape index (κ3) is 3.66. The van der Waals surface area contributed by atoms with Crippen molar-refractivity contribution in [2.45, 2.75) is 0 Å². The van der Waals surface area contributed by atoms with Crippen LogP contribution in [0.4, 0.5) is 0 Å². The molecule has 0 saturated carbocycles. The lowest BCUT2D eigenvalue weighted by molar-refractivity contribution is 1.19. The molecule has 1 aliphatic carbocycles. The van der Waals surface area contributed by atoms with Crippen molar-refractivity contribution in [1.82, 2.24) is 14.1 Å². The van der Waals surface area contributed by atoms with Crippen LogP contribution in [0.25, 0.3) is 110 Å². The number of benzene rings is 8. The average molecular weight is 660 g/mol. The maximum Gasteiger partial charge on any atom is 0.0793 e. The van der Waals surface area contributed by atoms with Crippen LogP contribution in [0.15, 0.2) is 176 Å². The van der Waals surface area contributed by atoms with Crippen LogP contribution in [-0.2, 0) is 0 Å². The molecule has 3 heteroatoms. The number of para-hydroxylation sites is 2. The molecule has 3 heterocycles. The third-order valence-corrected chi connectivity index (χ3v) is 11.3.